The first-order valence-corrected chi connectivity index (χ1v) is 6.00. The van der Waals surface area contributed by atoms with Crippen molar-refractivity contribution in [2.75, 3.05) is 0 Å². The van der Waals surface area contributed by atoms with Gasteiger partial charge in [0.2, 0.25) is 5.43 Å². The molecule has 2 aromatic rings. The number of allylic oxidation sites excluding steroid dienone is 4. The summed E-state index contributed by atoms with van der Waals surface area (Å²) in [5.41, 5.74) is 7.14. The summed E-state index contributed by atoms with van der Waals surface area (Å²) in [6.07, 6.45) is 10.1. The van der Waals surface area contributed by atoms with Gasteiger partial charge in [0.1, 0.15) is 5.82 Å². The molecule has 2 heterocycles. The third kappa shape index (κ3) is 2.13. The largest absolute Gasteiger partial charge is 0.503 e. The molecular formula is C16H10N2O2. The standard InChI is InChI=1S/C16H10N2O2/c19-14-8-10-18(11-15(14)20)16-13(7-4-9-17-16)12-5-2-1-3-6-12/h2,4-11,20H. The van der Waals surface area contributed by atoms with Gasteiger partial charge in [0.15, 0.2) is 5.75 Å². The molecule has 4 heteroatoms. The maximum absolute atomic E-state index is 11.3. The van der Waals surface area contributed by atoms with Crippen molar-refractivity contribution in [2.24, 2.45) is 0 Å². The van der Waals surface area contributed by atoms with E-state index in [1.54, 1.807) is 23.0 Å². The molecule has 0 bridgehead atoms. The van der Waals surface area contributed by atoms with Crippen LogP contribution >= 0.6 is 0 Å². The number of pyridine rings is 2. The highest BCUT2D eigenvalue weighted by Crippen LogP contribution is 2.23. The van der Waals surface area contributed by atoms with E-state index in [4.69, 9.17) is 0 Å². The fourth-order valence-corrected chi connectivity index (χ4v) is 1.95. The number of rotatable bonds is 2. The summed E-state index contributed by atoms with van der Waals surface area (Å²) in [6, 6.07) is 5.05. The van der Waals surface area contributed by atoms with Crippen molar-refractivity contribution in [1.82, 2.24) is 9.55 Å². The minimum absolute atomic E-state index is 0.308. The van der Waals surface area contributed by atoms with E-state index in [0.717, 1.165) is 11.1 Å². The van der Waals surface area contributed by atoms with Crippen LogP contribution in [0.1, 0.15) is 5.56 Å². The molecular weight excluding hydrogens is 252 g/mol. The monoisotopic (exact) mass is 262 g/mol. The van der Waals surface area contributed by atoms with E-state index in [9.17, 15) is 9.90 Å². The van der Waals surface area contributed by atoms with Gasteiger partial charge >= 0.3 is 0 Å². The number of aromatic hydroxyl groups is 1. The molecule has 3 rings (SSSR count). The van der Waals surface area contributed by atoms with E-state index in [1.165, 1.54) is 12.3 Å². The van der Waals surface area contributed by atoms with Crippen LogP contribution in [0.3, 0.4) is 0 Å². The van der Waals surface area contributed by atoms with Gasteiger partial charge in [-0.15, -0.1) is 0 Å². The van der Waals surface area contributed by atoms with Crippen LogP contribution in [0.25, 0.3) is 11.4 Å². The molecule has 0 amide bonds. The average Bonchev–Trinajstić information content (AvgIpc) is 2.51. The fraction of sp³-hybridized carbons (Fsp3) is 0. The zero-order chi connectivity index (χ0) is 13.9. The number of nitrogens with zero attached hydrogens (tertiary/aromatic N) is 2. The van der Waals surface area contributed by atoms with Crippen molar-refractivity contribution < 1.29 is 5.11 Å². The van der Waals surface area contributed by atoms with Crippen molar-refractivity contribution in [3.63, 3.8) is 0 Å². The Labute approximate surface area is 115 Å². The summed E-state index contributed by atoms with van der Waals surface area (Å²) < 4.78 is 1.61. The molecule has 0 saturated heterocycles. The summed E-state index contributed by atoms with van der Waals surface area (Å²) in [5, 5.41) is 9.55. The minimum atomic E-state index is -0.415. The van der Waals surface area contributed by atoms with Crippen molar-refractivity contribution in [3.05, 3.63) is 82.3 Å². The molecule has 0 unspecified atom stereocenters. The summed E-state index contributed by atoms with van der Waals surface area (Å²) >= 11 is 0. The van der Waals surface area contributed by atoms with Gasteiger partial charge in [-0.25, -0.2) is 4.98 Å². The van der Waals surface area contributed by atoms with Gasteiger partial charge in [0.25, 0.3) is 0 Å². The van der Waals surface area contributed by atoms with Crippen LogP contribution in [0.5, 0.6) is 5.75 Å². The average molecular weight is 262 g/mol. The molecule has 0 aliphatic heterocycles. The molecule has 1 N–H and O–H groups in total. The number of aromatic nitrogens is 2. The maximum Gasteiger partial charge on any atom is 0.223 e. The van der Waals surface area contributed by atoms with Crippen LogP contribution in [0.2, 0.25) is 0 Å². The third-order valence-corrected chi connectivity index (χ3v) is 2.90. The Balaban J connectivity index is 2.17. The molecule has 1 aliphatic rings. The third-order valence-electron chi connectivity index (χ3n) is 2.90. The lowest BCUT2D eigenvalue weighted by Gasteiger charge is -2.11. The second-order valence-corrected chi connectivity index (χ2v) is 4.20. The zero-order valence-electron chi connectivity index (χ0n) is 10.4. The molecule has 1 aliphatic carbocycles. The lowest BCUT2D eigenvalue weighted by molar-refractivity contribution is 0.465. The van der Waals surface area contributed by atoms with Crippen molar-refractivity contribution in [1.29, 1.82) is 0 Å². The summed E-state index contributed by atoms with van der Waals surface area (Å²) in [7, 11) is 0. The highest BCUT2D eigenvalue weighted by atomic mass is 16.3. The van der Waals surface area contributed by atoms with Gasteiger partial charge in [0, 0.05) is 24.0 Å². The molecule has 20 heavy (non-hydrogen) atoms. The van der Waals surface area contributed by atoms with Crippen LogP contribution in [0.15, 0.2) is 71.3 Å². The molecule has 2 aromatic heterocycles. The number of hydrogen-bond donors (Lipinski definition) is 1. The van der Waals surface area contributed by atoms with Crippen molar-refractivity contribution >= 4 is 5.57 Å². The second-order valence-electron chi connectivity index (χ2n) is 4.20. The predicted octanol–water partition coefficient (Wildman–Crippen LogP) is 2.20. The van der Waals surface area contributed by atoms with Crippen LogP contribution in [0.4, 0.5) is 0 Å². The molecule has 4 nitrogen and oxygen atoms in total. The SMILES string of the molecule is O=c1ccn(-c2ncccc2C2=CC=C=C=C2)cc1O. The Morgan fingerprint density at radius 3 is 2.90 bits per heavy atom. The van der Waals surface area contributed by atoms with E-state index < -0.39 is 5.43 Å². The van der Waals surface area contributed by atoms with E-state index in [1.807, 2.05) is 24.3 Å². The molecule has 0 spiro atoms. The molecule has 0 aromatic carbocycles. The summed E-state index contributed by atoms with van der Waals surface area (Å²) in [4.78, 5) is 15.6. The molecule has 0 fully saturated rings. The van der Waals surface area contributed by atoms with Crippen molar-refractivity contribution in [3.8, 4) is 11.6 Å². The van der Waals surface area contributed by atoms with Crippen LogP contribution in [-0.4, -0.2) is 14.7 Å². The van der Waals surface area contributed by atoms with E-state index >= 15 is 0 Å². The first kappa shape index (κ1) is 12.0. The Morgan fingerprint density at radius 2 is 2.15 bits per heavy atom. The highest BCUT2D eigenvalue weighted by Gasteiger charge is 2.09. The van der Waals surface area contributed by atoms with Crippen molar-refractivity contribution in [2.45, 2.75) is 0 Å². The maximum atomic E-state index is 11.3. The van der Waals surface area contributed by atoms with E-state index in [-0.39, 0.29) is 5.75 Å². The van der Waals surface area contributed by atoms with Gasteiger partial charge in [-0.2, -0.15) is 0 Å². The highest BCUT2D eigenvalue weighted by molar-refractivity contribution is 5.79. The normalized spacial score (nSPS) is 12.5. The van der Waals surface area contributed by atoms with Crippen LogP contribution in [-0.2, 0) is 0 Å². The van der Waals surface area contributed by atoms with Crippen LogP contribution in [0, 0.1) is 0 Å². The zero-order valence-corrected chi connectivity index (χ0v) is 10.4. The lowest BCUT2D eigenvalue weighted by atomic mass is 10.0. The molecule has 96 valence electrons. The molecule has 0 atom stereocenters. The molecule has 0 radical (unpaired) electrons. The first-order chi connectivity index (χ1) is 9.75. The molecule has 0 saturated carbocycles. The fourth-order valence-electron chi connectivity index (χ4n) is 1.95. The topological polar surface area (TPSA) is 55.1 Å². The van der Waals surface area contributed by atoms with E-state index in [0.29, 0.717) is 5.82 Å². The summed E-state index contributed by atoms with van der Waals surface area (Å²) in [5.74, 6) is 0.319. The van der Waals surface area contributed by atoms with Gasteiger partial charge in [-0.1, -0.05) is 11.5 Å². The first-order valence-electron chi connectivity index (χ1n) is 6.00. The number of hydrogen-bond acceptors (Lipinski definition) is 3. The minimum Gasteiger partial charge on any atom is -0.503 e. The van der Waals surface area contributed by atoms with Gasteiger partial charge in [-0.3, -0.25) is 4.79 Å². The second kappa shape index (κ2) is 4.90. The van der Waals surface area contributed by atoms with Crippen LogP contribution < -0.4 is 5.43 Å². The Morgan fingerprint density at radius 1 is 1.25 bits per heavy atom. The lowest BCUT2D eigenvalue weighted by Crippen LogP contribution is -2.06. The van der Waals surface area contributed by atoms with E-state index in [2.05, 4.69) is 16.4 Å². The Hall–Kier alpha value is -3.06. The smallest absolute Gasteiger partial charge is 0.223 e. The van der Waals surface area contributed by atoms with Gasteiger partial charge in [0.05, 0.1) is 6.20 Å². The summed E-state index contributed by atoms with van der Waals surface area (Å²) in [6.45, 7) is 0. The Bertz CT molecular complexity index is 862. The van der Waals surface area contributed by atoms with Gasteiger partial charge in [-0.05, 0) is 35.9 Å². The van der Waals surface area contributed by atoms with Gasteiger partial charge < -0.3 is 9.67 Å². The predicted molar refractivity (Wildman–Crippen MR) is 75.6 cm³/mol. The quantitative estimate of drug-likeness (QED) is 0.844. The Kier molecular flexibility index (Phi) is 2.94.